The van der Waals surface area contributed by atoms with Crippen LogP contribution in [0.5, 0.6) is 0 Å². The Balaban J connectivity index is 2.26. The number of benzene rings is 1. The van der Waals surface area contributed by atoms with Crippen LogP contribution in [0.25, 0.3) is 0 Å². The van der Waals surface area contributed by atoms with Gasteiger partial charge in [0, 0.05) is 17.8 Å². The lowest BCUT2D eigenvalue weighted by Crippen LogP contribution is -2.32. The van der Waals surface area contributed by atoms with Crippen molar-refractivity contribution in [2.45, 2.75) is 18.9 Å². The van der Waals surface area contributed by atoms with Gasteiger partial charge < -0.3 is 15.7 Å². The number of rotatable bonds is 3. The van der Waals surface area contributed by atoms with Crippen LogP contribution in [0, 0.1) is 5.41 Å². The molecule has 1 aromatic carbocycles. The lowest BCUT2D eigenvalue weighted by molar-refractivity contribution is 0.266. The Labute approximate surface area is 95.2 Å². The molecule has 1 aliphatic heterocycles. The van der Waals surface area contributed by atoms with Crippen molar-refractivity contribution in [2.75, 3.05) is 18.1 Å². The summed E-state index contributed by atoms with van der Waals surface area (Å²) in [5.74, 6) is 0.0848. The number of aliphatic hydroxyl groups excluding tert-OH is 1. The van der Waals surface area contributed by atoms with E-state index in [0.717, 1.165) is 30.6 Å². The van der Waals surface area contributed by atoms with Crippen LogP contribution in [0.3, 0.4) is 0 Å². The largest absolute Gasteiger partial charge is 0.394 e. The molecule has 0 saturated carbocycles. The Morgan fingerprint density at radius 3 is 3.06 bits per heavy atom. The van der Waals surface area contributed by atoms with Crippen molar-refractivity contribution in [3.63, 3.8) is 0 Å². The van der Waals surface area contributed by atoms with E-state index < -0.39 is 0 Å². The zero-order chi connectivity index (χ0) is 11.5. The predicted molar refractivity (Wildman–Crippen MR) is 64.9 cm³/mol. The highest BCUT2D eigenvalue weighted by atomic mass is 16.3. The number of nitrogens with zero attached hydrogens (tertiary/aromatic N) is 1. The second kappa shape index (κ2) is 4.53. The zero-order valence-corrected chi connectivity index (χ0v) is 9.19. The van der Waals surface area contributed by atoms with Crippen molar-refractivity contribution in [2.24, 2.45) is 5.73 Å². The number of hydrogen-bond acceptors (Lipinski definition) is 3. The Bertz CT molecular complexity index is 392. The first-order valence-corrected chi connectivity index (χ1v) is 5.54. The van der Waals surface area contributed by atoms with Crippen molar-refractivity contribution in [1.29, 1.82) is 5.41 Å². The van der Waals surface area contributed by atoms with Gasteiger partial charge in [-0.2, -0.15) is 0 Å². The summed E-state index contributed by atoms with van der Waals surface area (Å²) in [7, 11) is 0. The maximum atomic E-state index is 9.27. The van der Waals surface area contributed by atoms with Crippen molar-refractivity contribution in [3.05, 3.63) is 29.8 Å². The third-order valence-corrected chi connectivity index (χ3v) is 3.08. The number of nitrogens with one attached hydrogen (secondary N) is 1. The van der Waals surface area contributed by atoms with E-state index in [-0.39, 0.29) is 18.5 Å². The van der Waals surface area contributed by atoms with Gasteiger partial charge in [-0.25, -0.2) is 0 Å². The summed E-state index contributed by atoms with van der Waals surface area (Å²) in [5.41, 5.74) is 7.25. The molecular weight excluding hydrogens is 202 g/mol. The molecule has 0 bridgehead atoms. The first kappa shape index (κ1) is 11.0. The summed E-state index contributed by atoms with van der Waals surface area (Å²) in [6.07, 6.45) is 2.14. The van der Waals surface area contributed by atoms with Crippen LogP contribution in [0.2, 0.25) is 0 Å². The highest BCUT2D eigenvalue weighted by Gasteiger charge is 2.23. The van der Waals surface area contributed by atoms with E-state index in [1.54, 1.807) is 0 Å². The molecule has 2 rings (SSSR count). The van der Waals surface area contributed by atoms with E-state index >= 15 is 0 Å². The maximum absolute atomic E-state index is 9.27. The second-order valence-electron chi connectivity index (χ2n) is 4.14. The average molecular weight is 219 g/mol. The molecule has 4 heteroatoms. The van der Waals surface area contributed by atoms with Crippen molar-refractivity contribution in [1.82, 2.24) is 0 Å². The highest BCUT2D eigenvalue weighted by molar-refractivity contribution is 5.95. The minimum Gasteiger partial charge on any atom is -0.394 e. The second-order valence-corrected chi connectivity index (χ2v) is 4.14. The molecule has 0 aromatic heterocycles. The molecule has 1 aliphatic rings. The third kappa shape index (κ3) is 2.02. The number of nitrogen functional groups attached to an aromatic ring is 1. The van der Waals surface area contributed by atoms with Gasteiger partial charge in [0.05, 0.1) is 12.6 Å². The summed E-state index contributed by atoms with van der Waals surface area (Å²) in [6, 6.07) is 7.85. The summed E-state index contributed by atoms with van der Waals surface area (Å²) in [6.45, 7) is 1.15. The lowest BCUT2D eigenvalue weighted by atomic mass is 10.1. The Kier molecular flexibility index (Phi) is 3.10. The SMILES string of the molecule is N=C(N)c1cccc(N2CCC[C@@H]2CO)c1. The van der Waals surface area contributed by atoms with E-state index in [9.17, 15) is 5.11 Å². The standard InChI is InChI=1S/C12H17N3O/c13-12(14)9-3-1-4-10(7-9)15-6-2-5-11(15)8-16/h1,3-4,7,11,16H,2,5-6,8H2,(H3,13,14)/t11-/m1/s1. The molecule has 1 aromatic rings. The average Bonchev–Trinajstić information content (AvgIpc) is 2.77. The number of anilines is 1. The van der Waals surface area contributed by atoms with Gasteiger partial charge in [-0.15, -0.1) is 0 Å². The minimum atomic E-state index is 0.0848. The van der Waals surface area contributed by atoms with Gasteiger partial charge in [-0.05, 0) is 25.0 Å². The lowest BCUT2D eigenvalue weighted by Gasteiger charge is -2.25. The van der Waals surface area contributed by atoms with Crippen LogP contribution in [-0.2, 0) is 0 Å². The fourth-order valence-corrected chi connectivity index (χ4v) is 2.22. The first-order valence-electron chi connectivity index (χ1n) is 5.54. The monoisotopic (exact) mass is 219 g/mol. The van der Waals surface area contributed by atoms with Gasteiger partial charge in [0.15, 0.2) is 0 Å². The van der Waals surface area contributed by atoms with Crippen molar-refractivity contribution >= 4 is 11.5 Å². The normalized spacial score (nSPS) is 20.1. The summed E-state index contributed by atoms with van der Waals surface area (Å²) in [4.78, 5) is 2.19. The predicted octanol–water partition coefficient (Wildman–Crippen LogP) is 0.932. The molecule has 0 spiro atoms. The minimum absolute atomic E-state index is 0.0848. The molecular formula is C12H17N3O. The molecule has 1 saturated heterocycles. The van der Waals surface area contributed by atoms with Crippen LogP contribution in [-0.4, -0.2) is 30.1 Å². The number of nitrogens with two attached hydrogens (primary N) is 1. The third-order valence-electron chi connectivity index (χ3n) is 3.08. The molecule has 16 heavy (non-hydrogen) atoms. The molecule has 1 atom stereocenters. The van der Waals surface area contributed by atoms with E-state index in [1.807, 2.05) is 24.3 Å². The molecule has 4 nitrogen and oxygen atoms in total. The Hall–Kier alpha value is -1.55. The maximum Gasteiger partial charge on any atom is 0.122 e. The Morgan fingerprint density at radius 2 is 2.38 bits per heavy atom. The fourth-order valence-electron chi connectivity index (χ4n) is 2.22. The molecule has 4 N–H and O–H groups in total. The van der Waals surface area contributed by atoms with E-state index in [2.05, 4.69) is 4.90 Å². The zero-order valence-electron chi connectivity index (χ0n) is 9.19. The molecule has 1 fully saturated rings. The van der Waals surface area contributed by atoms with Crippen molar-refractivity contribution in [3.8, 4) is 0 Å². The molecule has 1 heterocycles. The van der Waals surface area contributed by atoms with Crippen molar-refractivity contribution < 1.29 is 5.11 Å². The number of aliphatic hydroxyl groups is 1. The van der Waals surface area contributed by atoms with Gasteiger partial charge in [0.1, 0.15) is 5.84 Å². The quantitative estimate of drug-likeness (QED) is 0.523. The molecule has 86 valence electrons. The van der Waals surface area contributed by atoms with E-state index in [0.29, 0.717) is 0 Å². The fraction of sp³-hybridized carbons (Fsp3) is 0.417. The topological polar surface area (TPSA) is 73.3 Å². The highest BCUT2D eigenvalue weighted by Crippen LogP contribution is 2.25. The first-order chi connectivity index (χ1) is 7.72. The van der Waals surface area contributed by atoms with Crippen LogP contribution < -0.4 is 10.6 Å². The summed E-state index contributed by atoms with van der Waals surface area (Å²) in [5, 5.41) is 16.7. The van der Waals surface area contributed by atoms with E-state index in [1.165, 1.54) is 0 Å². The number of amidine groups is 1. The van der Waals surface area contributed by atoms with Crippen LogP contribution >= 0.6 is 0 Å². The Morgan fingerprint density at radius 1 is 1.56 bits per heavy atom. The van der Waals surface area contributed by atoms with Crippen LogP contribution in [0.1, 0.15) is 18.4 Å². The summed E-state index contributed by atoms with van der Waals surface area (Å²) >= 11 is 0. The van der Waals surface area contributed by atoms with Crippen LogP contribution in [0.4, 0.5) is 5.69 Å². The smallest absolute Gasteiger partial charge is 0.122 e. The van der Waals surface area contributed by atoms with Gasteiger partial charge in [-0.1, -0.05) is 12.1 Å². The molecule has 0 aliphatic carbocycles. The molecule has 0 amide bonds. The van der Waals surface area contributed by atoms with Gasteiger partial charge >= 0.3 is 0 Å². The molecule has 0 radical (unpaired) electrons. The molecule has 0 unspecified atom stereocenters. The van der Waals surface area contributed by atoms with E-state index in [4.69, 9.17) is 11.1 Å². The van der Waals surface area contributed by atoms with Gasteiger partial charge in [0.25, 0.3) is 0 Å². The summed E-state index contributed by atoms with van der Waals surface area (Å²) < 4.78 is 0. The van der Waals surface area contributed by atoms with Crippen LogP contribution in [0.15, 0.2) is 24.3 Å². The van der Waals surface area contributed by atoms with Gasteiger partial charge in [-0.3, -0.25) is 5.41 Å². The number of hydrogen-bond donors (Lipinski definition) is 3. The van der Waals surface area contributed by atoms with Gasteiger partial charge in [0.2, 0.25) is 0 Å².